The highest BCUT2D eigenvalue weighted by atomic mass is 19.3. The molecule has 0 saturated heterocycles. The molecule has 0 fully saturated rings. The van der Waals surface area contributed by atoms with E-state index in [-0.39, 0.29) is 18.1 Å². The normalized spacial score (nSPS) is 10.6. The molecule has 4 nitrogen and oxygen atoms in total. The summed E-state index contributed by atoms with van der Waals surface area (Å²) in [7, 11) is 0. The standard InChI is InChI=1S/C23H21F2NO3/c1-16-7-12-20(21(13-16)28-15-18-5-3-2-4-6-18)26-22(27)14-17-8-10-19(11-9-17)29-23(24)25/h2-13,23H,14-15H2,1H3,(H,26,27). The van der Waals surface area contributed by atoms with Gasteiger partial charge in [-0.05, 0) is 47.9 Å². The molecule has 150 valence electrons. The molecule has 0 unspecified atom stereocenters. The third kappa shape index (κ3) is 6.31. The van der Waals surface area contributed by atoms with Crippen LogP contribution in [0.25, 0.3) is 0 Å². The summed E-state index contributed by atoms with van der Waals surface area (Å²) in [5.41, 5.74) is 3.30. The average molecular weight is 397 g/mol. The van der Waals surface area contributed by atoms with E-state index < -0.39 is 6.61 Å². The Morgan fingerprint density at radius 3 is 2.38 bits per heavy atom. The summed E-state index contributed by atoms with van der Waals surface area (Å²) in [4.78, 5) is 12.4. The third-order valence-electron chi connectivity index (χ3n) is 4.16. The Balaban J connectivity index is 1.63. The van der Waals surface area contributed by atoms with Gasteiger partial charge in [0.2, 0.25) is 5.91 Å². The van der Waals surface area contributed by atoms with E-state index in [0.29, 0.717) is 23.6 Å². The number of benzene rings is 3. The van der Waals surface area contributed by atoms with Crippen molar-refractivity contribution in [1.82, 2.24) is 0 Å². The number of hydrogen-bond donors (Lipinski definition) is 1. The van der Waals surface area contributed by atoms with Crippen LogP contribution in [-0.4, -0.2) is 12.5 Å². The number of aryl methyl sites for hydroxylation is 1. The van der Waals surface area contributed by atoms with Gasteiger partial charge in [-0.15, -0.1) is 0 Å². The molecular weight excluding hydrogens is 376 g/mol. The maximum absolute atomic E-state index is 12.4. The van der Waals surface area contributed by atoms with Gasteiger partial charge in [-0.2, -0.15) is 8.78 Å². The minimum absolute atomic E-state index is 0.0549. The van der Waals surface area contributed by atoms with E-state index in [0.717, 1.165) is 11.1 Å². The van der Waals surface area contributed by atoms with E-state index in [9.17, 15) is 13.6 Å². The number of amides is 1. The van der Waals surface area contributed by atoms with E-state index >= 15 is 0 Å². The smallest absolute Gasteiger partial charge is 0.387 e. The van der Waals surface area contributed by atoms with E-state index in [1.54, 1.807) is 18.2 Å². The molecule has 0 bridgehead atoms. The van der Waals surface area contributed by atoms with Gasteiger partial charge in [-0.1, -0.05) is 48.5 Å². The number of ether oxygens (including phenoxy) is 2. The van der Waals surface area contributed by atoms with Gasteiger partial charge in [0, 0.05) is 0 Å². The highest BCUT2D eigenvalue weighted by molar-refractivity contribution is 5.93. The molecule has 0 aliphatic carbocycles. The first kappa shape index (κ1) is 20.3. The van der Waals surface area contributed by atoms with Crippen LogP contribution in [0.3, 0.4) is 0 Å². The summed E-state index contributed by atoms with van der Waals surface area (Å²) in [6.45, 7) is -0.539. The zero-order valence-electron chi connectivity index (χ0n) is 15.9. The lowest BCUT2D eigenvalue weighted by molar-refractivity contribution is -0.115. The van der Waals surface area contributed by atoms with Crippen LogP contribution in [0.15, 0.2) is 72.8 Å². The van der Waals surface area contributed by atoms with Crippen molar-refractivity contribution in [3.63, 3.8) is 0 Å². The van der Waals surface area contributed by atoms with E-state index in [1.807, 2.05) is 49.4 Å². The molecule has 3 aromatic carbocycles. The molecule has 0 atom stereocenters. The van der Waals surface area contributed by atoms with Crippen LogP contribution in [0.1, 0.15) is 16.7 Å². The van der Waals surface area contributed by atoms with Crippen LogP contribution in [0.2, 0.25) is 0 Å². The minimum Gasteiger partial charge on any atom is -0.487 e. The fourth-order valence-corrected chi connectivity index (χ4v) is 2.76. The number of carbonyl (C=O) groups excluding carboxylic acids is 1. The van der Waals surface area contributed by atoms with Crippen LogP contribution >= 0.6 is 0 Å². The molecule has 0 heterocycles. The quantitative estimate of drug-likeness (QED) is 0.557. The fourth-order valence-electron chi connectivity index (χ4n) is 2.76. The molecule has 1 N–H and O–H groups in total. The minimum atomic E-state index is -2.88. The molecule has 3 aromatic rings. The number of anilines is 1. The van der Waals surface area contributed by atoms with E-state index in [1.165, 1.54) is 12.1 Å². The van der Waals surface area contributed by atoms with Gasteiger partial charge in [-0.3, -0.25) is 4.79 Å². The highest BCUT2D eigenvalue weighted by Crippen LogP contribution is 2.27. The van der Waals surface area contributed by atoms with Crippen molar-refractivity contribution in [3.8, 4) is 11.5 Å². The van der Waals surface area contributed by atoms with Gasteiger partial charge in [0.1, 0.15) is 18.1 Å². The van der Waals surface area contributed by atoms with Crippen LogP contribution in [0.5, 0.6) is 11.5 Å². The second-order valence-electron chi connectivity index (χ2n) is 6.52. The zero-order chi connectivity index (χ0) is 20.6. The molecule has 6 heteroatoms. The Morgan fingerprint density at radius 2 is 1.69 bits per heavy atom. The van der Waals surface area contributed by atoms with Crippen LogP contribution < -0.4 is 14.8 Å². The molecule has 0 spiro atoms. The van der Waals surface area contributed by atoms with Gasteiger partial charge in [0.15, 0.2) is 0 Å². The van der Waals surface area contributed by atoms with Crippen LogP contribution in [0.4, 0.5) is 14.5 Å². The largest absolute Gasteiger partial charge is 0.487 e. The lowest BCUT2D eigenvalue weighted by Gasteiger charge is -2.14. The van der Waals surface area contributed by atoms with Crippen molar-refractivity contribution >= 4 is 11.6 Å². The molecule has 0 radical (unpaired) electrons. The molecule has 3 rings (SSSR count). The Hall–Kier alpha value is -3.41. The average Bonchev–Trinajstić information content (AvgIpc) is 2.70. The molecular formula is C23H21F2NO3. The molecule has 0 saturated carbocycles. The van der Waals surface area contributed by atoms with Crippen LogP contribution in [0, 0.1) is 6.92 Å². The van der Waals surface area contributed by atoms with E-state index in [4.69, 9.17) is 4.74 Å². The number of hydrogen-bond acceptors (Lipinski definition) is 3. The predicted octanol–water partition coefficient (Wildman–Crippen LogP) is 5.36. The number of carbonyl (C=O) groups is 1. The van der Waals surface area contributed by atoms with E-state index in [2.05, 4.69) is 10.1 Å². The summed E-state index contributed by atoms with van der Waals surface area (Å²) in [5, 5.41) is 2.85. The van der Waals surface area contributed by atoms with Gasteiger partial charge < -0.3 is 14.8 Å². The molecule has 1 amide bonds. The lowest BCUT2D eigenvalue weighted by Crippen LogP contribution is -2.15. The Kier molecular flexibility index (Phi) is 6.79. The third-order valence-corrected chi connectivity index (χ3v) is 4.16. The first-order valence-electron chi connectivity index (χ1n) is 9.10. The van der Waals surface area contributed by atoms with Crippen molar-refractivity contribution in [3.05, 3.63) is 89.5 Å². The predicted molar refractivity (Wildman–Crippen MR) is 107 cm³/mol. The second kappa shape index (κ2) is 9.68. The van der Waals surface area contributed by atoms with Gasteiger partial charge >= 0.3 is 6.61 Å². The van der Waals surface area contributed by atoms with Crippen molar-refractivity contribution < 1.29 is 23.0 Å². The number of nitrogens with one attached hydrogen (secondary N) is 1. The second-order valence-corrected chi connectivity index (χ2v) is 6.52. The Bertz CT molecular complexity index is 944. The van der Waals surface area contributed by atoms with Gasteiger partial charge in [0.05, 0.1) is 12.1 Å². The van der Waals surface area contributed by atoms with Crippen molar-refractivity contribution in [2.24, 2.45) is 0 Å². The molecule has 0 aliphatic heterocycles. The summed E-state index contributed by atoms with van der Waals surface area (Å²) in [5.74, 6) is 0.406. The number of halogens is 2. The van der Waals surface area contributed by atoms with Gasteiger partial charge in [0.25, 0.3) is 0 Å². The molecule has 0 aromatic heterocycles. The Morgan fingerprint density at radius 1 is 0.966 bits per heavy atom. The summed E-state index contributed by atoms with van der Waals surface area (Å²) < 4.78 is 34.6. The molecule has 0 aliphatic rings. The van der Waals surface area contributed by atoms with Crippen molar-refractivity contribution in [1.29, 1.82) is 0 Å². The first-order valence-corrected chi connectivity index (χ1v) is 9.10. The zero-order valence-corrected chi connectivity index (χ0v) is 15.9. The maximum atomic E-state index is 12.4. The van der Waals surface area contributed by atoms with Crippen molar-refractivity contribution in [2.45, 2.75) is 26.6 Å². The summed E-state index contributed by atoms with van der Waals surface area (Å²) in [6, 6.07) is 21.3. The number of rotatable bonds is 8. The SMILES string of the molecule is Cc1ccc(NC(=O)Cc2ccc(OC(F)F)cc2)c(OCc2ccccc2)c1. The molecule has 29 heavy (non-hydrogen) atoms. The highest BCUT2D eigenvalue weighted by Gasteiger charge is 2.11. The first-order chi connectivity index (χ1) is 14.0. The fraction of sp³-hybridized carbons (Fsp3) is 0.174. The Labute approximate surface area is 168 Å². The maximum Gasteiger partial charge on any atom is 0.387 e. The van der Waals surface area contributed by atoms with Crippen LogP contribution in [-0.2, 0) is 17.8 Å². The van der Waals surface area contributed by atoms with Gasteiger partial charge in [-0.25, -0.2) is 0 Å². The lowest BCUT2D eigenvalue weighted by atomic mass is 10.1. The topological polar surface area (TPSA) is 47.6 Å². The summed E-state index contributed by atoms with van der Waals surface area (Å²) >= 11 is 0. The number of alkyl halides is 2. The van der Waals surface area contributed by atoms with Crippen molar-refractivity contribution in [2.75, 3.05) is 5.32 Å². The monoisotopic (exact) mass is 397 g/mol. The summed E-state index contributed by atoms with van der Waals surface area (Å²) in [6.07, 6.45) is 0.0982.